The second-order valence-corrected chi connectivity index (χ2v) is 5.44. The number of para-hydroxylation sites is 2. The zero-order chi connectivity index (χ0) is 18.1. The summed E-state index contributed by atoms with van der Waals surface area (Å²) in [5.74, 6) is 0.307. The van der Waals surface area contributed by atoms with E-state index in [1.165, 1.54) is 0 Å². The van der Waals surface area contributed by atoms with Gasteiger partial charge in [-0.25, -0.2) is 4.79 Å². The van der Waals surface area contributed by atoms with Crippen molar-refractivity contribution >= 4 is 12.1 Å². The summed E-state index contributed by atoms with van der Waals surface area (Å²) in [4.78, 5) is 27.9. The van der Waals surface area contributed by atoms with Gasteiger partial charge in [0.05, 0.1) is 12.2 Å². The average molecular weight is 342 g/mol. The summed E-state index contributed by atoms with van der Waals surface area (Å²) in [5.41, 5.74) is 0.229. The molecule has 2 aromatic carbocycles. The van der Waals surface area contributed by atoms with E-state index >= 15 is 0 Å². The molecule has 130 valence electrons. The van der Waals surface area contributed by atoms with Gasteiger partial charge in [-0.2, -0.15) is 0 Å². The number of ether oxygens (including phenoxy) is 2. The highest BCUT2D eigenvalue weighted by Crippen LogP contribution is 2.20. The normalized spacial score (nSPS) is 10.7. The van der Waals surface area contributed by atoms with Crippen molar-refractivity contribution in [3.63, 3.8) is 0 Å². The molecule has 0 heterocycles. The van der Waals surface area contributed by atoms with Crippen LogP contribution in [0, 0.1) is 5.92 Å². The van der Waals surface area contributed by atoms with E-state index in [-0.39, 0.29) is 5.56 Å². The second-order valence-electron chi connectivity index (χ2n) is 5.44. The summed E-state index contributed by atoms with van der Waals surface area (Å²) < 4.78 is 10.4. The first kappa shape index (κ1) is 18.1. The molecule has 0 unspecified atom stereocenters. The van der Waals surface area contributed by atoms with E-state index in [0.29, 0.717) is 24.0 Å². The van der Waals surface area contributed by atoms with Crippen molar-refractivity contribution in [3.05, 3.63) is 60.2 Å². The topological polar surface area (TPSA) is 86.5 Å². The number of hydrogen-bond acceptors (Lipinski definition) is 6. The lowest BCUT2D eigenvalue weighted by Gasteiger charge is -2.10. The predicted octanol–water partition coefficient (Wildman–Crippen LogP) is 4.44. The van der Waals surface area contributed by atoms with Crippen LogP contribution in [0.25, 0.3) is 0 Å². The molecule has 0 aliphatic carbocycles. The van der Waals surface area contributed by atoms with Crippen LogP contribution < -0.4 is 9.47 Å². The first-order valence-corrected chi connectivity index (χ1v) is 7.67. The van der Waals surface area contributed by atoms with Gasteiger partial charge in [-0.1, -0.05) is 49.3 Å². The standard InChI is InChI=1S/C18H18N2O5/c1-13(2)12-23-16-11-7-6-10-15(16)17(21)19-20-25-18(22)24-14-8-4-3-5-9-14/h3-11,13H,12H2,1-2H3. The molecule has 25 heavy (non-hydrogen) atoms. The molecule has 0 bridgehead atoms. The van der Waals surface area contributed by atoms with E-state index < -0.39 is 12.1 Å². The van der Waals surface area contributed by atoms with E-state index in [1.807, 2.05) is 13.8 Å². The molecule has 0 saturated carbocycles. The molecule has 0 aliphatic heterocycles. The Balaban J connectivity index is 1.93. The molecule has 0 N–H and O–H groups in total. The highest BCUT2D eigenvalue weighted by Gasteiger charge is 2.13. The van der Waals surface area contributed by atoms with Gasteiger partial charge in [0.2, 0.25) is 0 Å². The molecule has 0 aliphatic rings. The Hall–Kier alpha value is -3.22. The fraction of sp³-hybridized carbons (Fsp3) is 0.222. The minimum Gasteiger partial charge on any atom is -0.492 e. The zero-order valence-corrected chi connectivity index (χ0v) is 13.9. The zero-order valence-electron chi connectivity index (χ0n) is 13.9. The van der Waals surface area contributed by atoms with Crippen LogP contribution in [0.3, 0.4) is 0 Å². The first-order chi connectivity index (χ1) is 12.1. The van der Waals surface area contributed by atoms with Crippen molar-refractivity contribution in [1.29, 1.82) is 0 Å². The van der Waals surface area contributed by atoms with E-state index in [1.54, 1.807) is 54.6 Å². The van der Waals surface area contributed by atoms with Crippen LogP contribution in [-0.4, -0.2) is 18.7 Å². The average Bonchev–Trinajstić information content (AvgIpc) is 2.61. The van der Waals surface area contributed by atoms with Gasteiger partial charge in [-0.15, -0.1) is 0 Å². The maximum Gasteiger partial charge on any atom is 0.542 e. The molecule has 1 amide bonds. The van der Waals surface area contributed by atoms with E-state index in [4.69, 9.17) is 9.47 Å². The Morgan fingerprint density at radius 1 is 1.00 bits per heavy atom. The third kappa shape index (κ3) is 6.06. The third-order valence-electron chi connectivity index (χ3n) is 2.88. The number of benzene rings is 2. The maximum atomic E-state index is 12.1. The molecule has 7 heteroatoms. The fourth-order valence-electron chi connectivity index (χ4n) is 1.77. The SMILES string of the molecule is CC(C)COc1ccccc1C(=O)N=NOC(=O)Oc1ccccc1. The number of carbonyl (C=O) groups excluding carboxylic acids is 2. The quantitative estimate of drug-likeness (QED) is 0.335. The largest absolute Gasteiger partial charge is 0.542 e. The molecule has 0 fully saturated rings. The summed E-state index contributed by atoms with van der Waals surface area (Å²) in [6, 6.07) is 15.0. The maximum absolute atomic E-state index is 12.1. The first-order valence-electron chi connectivity index (χ1n) is 7.67. The van der Waals surface area contributed by atoms with Crippen molar-refractivity contribution in [1.82, 2.24) is 0 Å². The van der Waals surface area contributed by atoms with Crippen molar-refractivity contribution < 1.29 is 23.9 Å². The molecule has 2 rings (SSSR count). The van der Waals surface area contributed by atoms with Crippen LogP contribution in [-0.2, 0) is 4.84 Å². The molecule has 0 spiro atoms. The predicted molar refractivity (Wildman–Crippen MR) is 89.5 cm³/mol. The Morgan fingerprint density at radius 3 is 2.40 bits per heavy atom. The Bertz CT molecular complexity index is 744. The lowest BCUT2D eigenvalue weighted by Crippen LogP contribution is -2.08. The van der Waals surface area contributed by atoms with E-state index in [2.05, 4.69) is 15.2 Å². The van der Waals surface area contributed by atoms with Crippen LogP contribution in [0.5, 0.6) is 11.5 Å². The minimum absolute atomic E-state index is 0.229. The Labute approximate surface area is 145 Å². The second kappa shape index (κ2) is 9.17. The van der Waals surface area contributed by atoms with Crippen LogP contribution in [0.1, 0.15) is 24.2 Å². The number of nitrogens with zero attached hydrogens (tertiary/aromatic N) is 2. The lowest BCUT2D eigenvalue weighted by molar-refractivity contribution is 0.0851. The van der Waals surface area contributed by atoms with Crippen LogP contribution in [0.2, 0.25) is 0 Å². The molecule has 0 radical (unpaired) electrons. The monoisotopic (exact) mass is 342 g/mol. The van der Waals surface area contributed by atoms with Crippen molar-refractivity contribution in [2.24, 2.45) is 16.3 Å². The van der Waals surface area contributed by atoms with E-state index in [9.17, 15) is 9.59 Å². The van der Waals surface area contributed by atoms with Crippen molar-refractivity contribution in [3.8, 4) is 11.5 Å². The number of rotatable bonds is 6. The van der Waals surface area contributed by atoms with Gasteiger partial charge in [0.25, 0.3) is 0 Å². The van der Waals surface area contributed by atoms with Gasteiger partial charge in [-0.3, -0.25) is 9.63 Å². The van der Waals surface area contributed by atoms with Gasteiger partial charge >= 0.3 is 12.1 Å². The molecule has 0 atom stereocenters. The van der Waals surface area contributed by atoms with Crippen molar-refractivity contribution in [2.75, 3.05) is 6.61 Å². The van der Waals surface area contributed by atoms with Crippen LogP contribution in [0.4, 0.5) is 4.79 Å². The smallest absolute Gasteiger partial charge is 0.492 e. The van der Waals surface area contributed by atoms with Crippen LogP contribution >= 0.6 is 0 Å². The highest BCUT2D eigenvalue weighted by molar-refractivity contribution is 5.97. The van der Waals surface area contributed by atoms with Crippen molar-refractivity contribution in [2.45, 2.75) is 13.8 Å². The summed E-state index contributed by atoms with van der Waals surface area (Å²) in [6.07, 6.45) is -1.09. The minimum atomic E-state index is -1.09. The lowest BCUT2D eigenvalue weighted by atomic mass is 10.2. The molecule has 0 saturated heterocycles. The summed E-state index contributed by atoms with van der Waals surface area (Å²) in [7, 11) is 0. The van der Waals surface area contributed by atoms with Gasteiger partial charge in [0.1, 0.15) is 11.5 Å². The Morgan fingerprint density at radius 2 is 1.68 bits per heavy atom. The third-order valence-corrected chi connectivity index (χ3v) is 2.88. The van der Waals surface area contributed by atoms with E-state index in [0.717, 1.165) is 0 Å². The van der Waals surface area contributed by atoms with Gasteiger partial charge in [-0.05, 0) is 30.2 Å². The van der Waals surface area contributed by atoms with Gasteiger partial charge in [0, 0.05) is 5.28 Å². The summed E-state index contributed by atoms with van der Waals surface area (Å²) in [5, 5.41) is 6.47. The number of amides is 1. The molecular weight excluding hydrogens is 324 g/mol. The highest BCUT2D eigenvalue weighted by atomic mass is 16.8. The van der Waals surface area contributed by atoms with Crippen LogP contribution in [0.15, 0.2) is 65.0 Å². The Kier molecular flexibility index (Phi) is 6.65. The number of hydrogen-bond donors (Lipinski definition) is 0. The molecular formula is C18H18N2O5. The fourth-order valence-corrected chi connectivity index (χ4v) is 1.77. The molecule has 0 aromatic heterocycles. The summed E-state index contributed by atoms with van der Waals surface area (Å²) >= 11 is 0. The molecule has 2 aromatic rings. The molecule has 7 nitrogen and oxygen atoms in total. The number of carbonyl (C=O) groups is 2. The van der Waals surface area contributed by atoms with Gasteiger partial charge < -0.3 is 9.47 Å². The summed E-state index contributed by atoms with van der Waals surface area (Å²) in [6.45, 7) is 4.45. The van der Waals surface area contributed by atoms with Gasteiger partial charge in [0.15, 0.2) is 0 Å².